The molecule has 0 aliphatic carbocycles. The summed E-state index contributed by atoms with van der Waals surface area (Å²) in [5.74, 6) is -0.791. The minimum atomic E-state index is -4.65. The van der Waals surface area contributed by atoms with Crippen molar-refractivity contribution in [3.05, 3.63) is 64.9 Å². The van der Waals surface area contributed by atoms with E-state index in [4.69, 9.17) is 11.6 Å². The largest absolute Gasteiger partial charge is 0.490 e. The highest BCUT2D eigenvalue weighted by Gasteiger charge is 2.35. The summed E-state index contributed by atoms with van der Waals surface area (Å²) in [6.07, 6.45) is -5.10. The van der Waals surface area contributed by atoms with Gasteiger partial charge in [0.2, 0.25) is 0 Å². The van der Waals surface area contributed by atoms with Crippen molar-refractivity contribution >= 4 is 28.4 Å². The van der Waals surface area contributed by atoms with Crippen LogP contribution in [0, 0.1) is 0 Å². The van der Waals surface area contributed by atoms with E-state index in [1.54, 1.807) is 6.07 Å². The van der Waals surface area contributed by atoms with Gasteiger partial charge >= 0.3 is 6.30 Å². The smallest absolute Gasteiger partial charge is 0.294 e. The molecule has 1 aromatic heterocycles. The second kappa shape index (κ2) is 5.70. The molecular formula is C16H10ClF3N2O. The summed E-state index contributed by atoms with van der Waals surface area (Å²) >= 11 is 5.74. The SMILES string of the molecule is O=C(Cc1nc2ccccc2n1C(F)(F)F)c1ccc(Cl)cc1. The van der Waals surface area contributed by atoms with Crippen LogP contribution in [0.5, 0.6) is 0 Å². The van der Waals surface area contributed by atoms with Gasteiger partial charge in [-0.1, -0.05) is 23.7 Å². The van der Waals surface area contributed by atoms with Crippen LogP contribution < -0.4 is 0 Å². The number of halogens is 4. The van der Waals surface area contributed by atoms with Crippen molar-refractivity contribution in [1.82, 2.24) is 9.55 Å². The molecule has 0 unspecified atom stereocenters. The van der Waals surface area contributed by atoms with Gasteiger partial charge in [0, 0.05) is 10.6 Å². The monoisotopic (exact) mass is 338 g/mol. The molecule has 0 bridgehead atoms. The quantitative estimate of drug-likeness (QED) is 0.655. The van der Waals surface area contributed by atoms with Gasteiger partial charge in [0.25, 0.3) is 0 Å². The van der Waals surface area contributed by atoms with Crippen LogP contribution in [-0.2, 0) is 12.7 Å². The number of fused-ring (bicyclic) bond motifs is 1. The molecule has 0 fully saturated rings. The summed E-state index contributed by atoms with van der Waals surface area (Å²) in [7, 11) is 0. The first-order valence-corrected chi connectivity index (χ1v) is 7.06. The first kappa shape index (κ1) is 15.6. The highest BCUT2D eigenvalue weighted by molar-refractivity contribution is 6.30. The number of carbonyl (C=O) groups excluding carboxylic acids is 1. The molecule has 0 saturated carbocycles. The second-order valence-corrected chi connectivity index (χ2v) is 5.36. The first-order valence-electron chi connectivity index (χ1n) is 6.68. The number of hydrogen-bond acceptors (Lipinski definition) is 2. The maximum Gasteiger partial charge on any atom is 0.490 e. The lowest BCUT2D eigenvalue weighted by Crippen LogP contribution is -2.21. The molecule has 0 radical (unpaired) electrons. The Labute approximate surface area is 134 Å². The Morgan fingerprint density at radius 1 is 1.09 bits per heavy atom. The number of benzene rings is 2. The van der Waals surface area contributed by atoms with E-state index < -0.39 is 18.5 Å². The number of ketones is 1. The number of alkyl halides is 3. The van der Waals surface area contributed by atoms with Gasteiger partial charge < -0.3 is 0 Å². The summed E-state index contributed by atoms with van der Waals surface area (Å²) in [4.78, 5) is 16.2. The van der Waals surface area contributed by atoms with Gasteiger partial charge in [-0.05, 0) is 36.4 Å². The van der Waals surface area contributed by atoms with E-state index in [1.165, 1.54) is 42.5 Å². The van der Waals surface area contributed by atoms with Gasteiger partial charge in [-0.2, -0.15) is 0 Å². The zero-order valence-corrected chi connectivity index (χ0v) is 12.4. The first-order chi connectivity index (χ1) is 10.9. The van der Waals surface area contributed by atoms with E-state index in [9.17, 15) is 18.0 Å². The fourth-order valence-electron chi connectivity index (χ4n) is 2.36. The van der Waals surface area contributed by atoms with Crippen molar-refractivity contribution in [2.75, 3.05) is 0 Å². The van der Waals surface area contributed by atoms with E-state index in [2.05, 4.69) is 4.98 Å². The number of rotatable bonds is 3. The summed E-state index contributed by atoms with van der Waals surface area (Å²) < 4.78 is 40.1. The minimum Gasteiger partial charge on any atom is -0.294 e. The molecule has 0 amide bonds. The zero-order chi connectivity index (χ0) is 16.6. The van der Waals surface area contributed by atoms with Crippen LogP contribution >= 0.6 is 11.6 Å². The number of carbonyl (C=O) groups is 1. The maximum absolute atomic E-state index is 13.3. The highest BCUT2D eigenvalue weighted by Crippen LogP contribution is 2.30. The Kier molecular flexibility index (Phi) is 3.85. The summed E-state index contributed by atoms with van der Waals surface area (Å²) in [5.41, 5.74) is 0.415. The van der Waals surface area contributed by atoms with Gasteiger partial charge in [-0.15, -0.1) is 13.2 Å². The summed E-state index contributed by atoms with van der Waals surface area (Å²) in [6, 6.07) is 11.9. The molecule has 0 atom stereocenters. The van der Waals surface area contributed by atoms with Crippen LogP contribution in [0.2, 0.25) is 5.02 Å². The highest BCUT2D eigenvalue weighted by atomic mass is 35.5. The molecule has 0 spiro atoms. The molecule has 118 valence electrons. The van der Waals surface area contributed by atoms with Gasteiger partial charge in [0.05, 0.1) is 17.5 Å². The van der Waals surface area contributed by atoms with Crippen molar-refractivity contribution < 1.29 is 18.0 Å². The Morgan fingerprint density at radius 3 is 2.39 bits per heavy atom. The maximum atomic E-state index is 13.3. The van der Waals surface area contributed by atoms with Gasteiger partial charge in [0.15, 0.2) is 5.78 Å². The third kappa shape index (κ3) is 3.07. The molecule has 1 heterocycles. The van der Waals surface area contributed by atoms with E-state index in [0.717, 1.165) is 0 Å². The zero-order valence-electron chi connectivity index (χ0n) is 11.6. The van der Waals surface area contributed by atoms with Crippen LogP contribution in [-0.4, -0.2) is 15.3 Å². The molecular weight excluding hydrogens is 329 g/mol. The average molecular weight is 339 g/mol. The third-order valence-corrected chi connectivity index (χ3v) is 3.62. The number of hydrogen-bond donors (Lipinski definition) is 0. The van der Waals surface area contributed by atoms with Crippen LogP contribution in [0.25, 0.3) is 11.0 Å². The lowest BCUT2D eigenvalue weighted by atomic mass is 10.1. The Morgan fingerprint density at radius 2 is 1.74 bits per heavy atom. The number of aromatic nitrogens is 2. The van der Waals surface area contributed by atoms with E-state index >= 15 is 0 Å². The van der Waals surface area contributed by atoms with Crippen LogP contribution in [0.3, 0.4) is 0 Å². The van der Waals surface area contributed by atoms with E-state index in [-0.39, 0.29) is 27.0 Å². The second-order valence-electron chi connectivity index (χ2n) is 4.93. The number of para-hydroxylation sites is 2. The number of Topliss-reactive ketones (excluding diaryl/α,β-unsaturated/α-hetero) is 1. The molecule has 2 aromatic carbocycles. The summed E-state index contributed by atoms with van der Waals surface area (Å²) in [5, 5.41) is 0.448. The normalized spacial score (nSPS) is 11.8. The lowest BCUT2D eigenvalue weighted by Gasteiger charge is -2.12. The molecule has 0 aliphatic rings. The predicted molar refractivity (Wildman–Crippen MR) is 80.5 cm³/mol. The Balaban J connectivity index is 2.02. The van der Waals surface area contributed by atoms with Crippen LogP contribution in [0.1, 0.15) is 16.2 Å². The number of nitrogens with zero attached hydrogens (tertiary/aromatic N) is 2. The van der Waals surface area contributed by atoms with Crippen molar-refractivity contribution in [3.63, 3.8) is 0 Å². The molecule has 3 aromatic rings. The Hall–Kier alpha value is -2.34. The predicted octanol–water partition coefficient (Wildman–Crippen LogP) is 4.59. The van der Waals surface area contributed by atoms with Crippen molar-refractivity contribution in [3.8, 4) is 0 Å². The molecule has 23 heavy (non-hydrogen) atoms. The van der Waals surface area contributed by atoms with E-state index in [1.807, 2.05) is 0 Å². The van der Waals surface area contributed by atoms with Gasteiger partial charge in [0.1, 0.15) is 5.82 Å². The van der Waals surface area contributed by atoms with Gasteiger partial charge in [-0.25, -0.2) is 9.55 Å². The van der Waals surface area contributed by atoms with Gasteiger partial charge in [-0.3, -0.25) is 4.79 Å². The third-order valence-electron chi connectivity index (χ3n) is 3.37. The molecule has 7 heteroatoms. The molecule has 3 nitrogen and oxygen atoms in total. The van der Waals surface area contributed by atoms with Crippen molar-refractivity contribution in [2.24, 2.45) is 0 Å². The molecule has 3 rings (SSSR count). The molecule has 0 aliphatic heterocycles. The Bertz CT molecular complexity index is 869. The molecule has 0 saturated heterocycles. The lowest BCUT2D eigenvalue weighted by molar-refractivity contribution is -0.202. The topological polar surface area (TPSA) is 34.9 Å². The van der Waals surface area contributed by atoms with Crippen LogP contribution in [0.4, 0.5) is 13.2 Å². The summed E-state index contributed by atoms with van der Waals surface area (Å²) in [6.45, 7) is 0. The van der Waals surface area contributed by atoms with Crippen molar-refractivity contribution in [1.29, 1.82) is 0 Å². The molecule has 0 N–H and O–H groups in total. The standard InChI is InChI=1S/C16H10ClF3N2O/c17-11-7-5-10(6-8-11)14(23)9-15-21-12-3-1-2-4-13(12)22(15)16(18,19)20/h1-8H,9H2. The van der Waals surface area contributed by atoms with Crippen molar-refractivity contribution in [2.45, 2.75) is 12.7 Å². The average Bonchev–Trinajstić information content (AvgIpc) is 2.85. The fraction of sp³-hybridized carbons (Fsp3) is 0.125. The van der Waals surface area contributed by atoms with Crippen LogP contribution in [0.15, 0.2) is 48.5 Å². The minimum absolute atomic E-state index is 0.0705. The van der Waals surface area contributed by atoms with E-state index in [0.29, 0.717) is 5.02 Å². The fourth-order valence-corrected chi connectivity index (χ4v) is 2.48. The number of imidazole rings is 1.